The van der Waals surface area contributed by atoms with Gasteiger partial charge in [-0.1, -0.05) is 48.5 Å². The molecule has 1 heterocycles. The van der Waals surface area contributed by atoms with Crippen molar-refractivity contribution in [3.8, 4) is 5.75 Å². The van der Waals surface area contributed by atoms with Crippen LogP contribution in [0.1, 0.15) is 11.3 Å². The zero-order valence-electron chi connectivity index (χ0n) is 12.3. The van der Waals surface area contributed by atoms with Gasteiger partial charge in [0.15, 0.2) is 5.43 Å². The van der Waals surface area contributed by atoms with Crippen LogP contribution in [0.4, 0.5) is 0 Å². The topological polar surface area (TPSA) is 50.4 Å². The Balaban J connectivity index is 1.85. The van der Waals surface area contributed by atoms with E-state index in [-0.39, 0.29) is 16.6 Å². The monoisotopic (exact) mass is 302 g/mol. The second kappa shape index (κ2) is 5.29. The standard InChI is InChI=1S/C20H14O3/c21-17-9-4-10-19-20(17)18(22)12-15(23-19)11-14-7-3-6-13-5-1-2-8-16(13)14/h1-10,12,21H,11H2. The van der Waals surface area contributed by atoms with E-state index in [0.717, 1.165) is 16.3 Å². The van der Waals surface area contributed by atoms with Crippen molar-refractivity contribution in [1.82, 2.24) is 0 Å². The Morgan fingerprint density at radius 2 is 1.70 bits per heavy atom. The second-order valence-electron chi connectivity index (χ2n) is 5.54. The largest absolute Gasteiger partial charge is 0.507 e. The van der Waals surface area contributed by atoms with E-state index in [0.29, 0.717) is 17.8 Å². The Kier molecular flexibility index (Phi) is 3.12. The molecule has 1 aromatic heterocycles. The maximum Gasteiger partial charge on any atom is 0.196 e. The first-order valence-electron chi connectivity index (χ1n) is 7.44. The molecule has 0 atom stereocenters. The minimum atomic E-state index is -0.223. The van der Waals surface area contributed by atoms with Crippen LogP contribution in [0.3, 0.4) is 0 Å². The highest BCUT2D eigenvalue weighted by atomic mass is 16.3. The van der Waals surface area contributed by atoms with Crippen LogP contribution in [0.2, 0.25) is 0 Å². The molecule has 3 nitrogen and oxygen atoms in total. The lowest BCUT2D eigenvalue weighted by molar-refractivity contribution is 0.478. The summed E-state index contributed by atoms with van der Waals surface area (Å²) in [6.45, 7) is 0. The van der Waals surface area contributed by atoms with Crippen LogP contribution in [0, 0.1) is 0 Å². The lowest BCUT2D eigenvalue weighted by Gasteiger charge is -2.07. The van der Waals surface area contributed by atoms with Crippen molar-refractivity contribution in [2.75, 3.05) is 0 Å². The molecular weight excluding hydrogens is 288 g/mol. The molecule has 3 heteroatoms. The van der Waals surface area contributed by atoms with Crippen molar-refractivity contribution in [1.29, 1.82) is 0 Å². The molecule has 0 fully saturated rings. The molecule has 0 aliphatic heterocycles. The minimum absolute atomic E-state index is 0.0482. The van der Waals surface area contributed by atoms with E-state index in [2.05, 4.69) is 18.2 Å². The Morgan fingerprint density at radius 1 is 0.913 bits per heavy atom. The SMILES string of the molecule is O=c1cc(Cc2cccc3ccccc23)oc2cccc(O)c12. The number of hydrogen-bond donors (Lipinski definition) is 1. The van der Waals surface area contributed by atoms with Gasteiger partial charge in [-0.05, 0) is 28.5 Å². The molecule has 3 aromatic carbocycles. The van der Waals surface area contributed by atoms with Gasteiger partial charge in [0.1, 0.15) is 22.5 Å². The van der Waals surface area contributed by atoms with Gasteiger partial charge in [-0.25, -0.2) is 0 Å². The predicted molar refractivity (Wildman–Crippen MR) is 90.9 cm³/mol. The minimum Gasteiger partial charge on any atom is -0.507 e. The molecular formula is C20H14O3. The van der Waals surface area contributed by atoms with Gasteiger partial charge in [0.2, 0.25) is 0 Å². The first-order valence-corrected chi connectivity index (χ1v) is 7.44. The summed E-state index contributed by atoms with van der Waals surface area (Å²) in [6, 6.07) is 20.6. The van der Waals surface area contributed by atoms with Crippen molar-refractivity contribution < 1.29 is 9.52 Å². The van der Waals surface area contributed by atoms with Crippen molar-refractivity contribution in [3.63, 3.8) is 0 Å². The molecule has 0 radical (unpaired) electrons. The van der Waals surface area contributed by atoms with Gasteiger partial charge in [-0.3, -0.25) is 4.79 Å². The van der Waals surface area contributed by atoms with E-state index in [1.54, 1.807) is 12.1 Å². The fraction of sp³-hybridized carbons (Fsp3) is 0.0500. The quantitative estimate of drug-likeness (QED) is 0.602. The molecule has 0 spiro atoms. The number of hydrogen-bond acceptors (Lipinski definition) is 3. The zero-order valence-corrected chi connectivity index (χ0v) is 12.3. The first-order chi connectivity index (χ1) is 11.2. The molecule has 0 aliphatic carbocycles. The van der Waals surface area contributed by atoms with Gasteiger partial charge in [-0.2, -0.15) is 0 Å². The van der Waals surface area contributed by atoms with Crippen molar-refractivity contribution in [2.24, 2.45) is 0 Å². The predicted octanol–water partition coefficient (Wildman–Crippen LogP) is 4.24. The summed E-state index contributed by atoms with van der Waals surface area (Å²) >= 11 is 0. The number of aromatic hydroxyl groups is 1. The van der Waals surface area contributed by atoms with Crippen LogP contribution in [-0.2, 0) is 6.42 Å². The van der Waals surface area contributed by atoms with E-state index in [1.165, 1.54) is 12.1 Å². The van der Waals surface area contributed by atoms with E-state index in [4.69, 9.17) is 4.42 Å². The summed E-state index contributed by atoms with van der Waals surface area (Å²) < 4.78 is 5.82. The van der Waals surface area contributed by atoms with Crippen LogP contribution in [0.15, 0.2) is 75.9 Å². The molecule has 0 saturated carbocycles. The molecule has 4 rings (SSSR count). The maximum atomic E-state index is 12.3. The fourth-order valence-corrected chi connectivity index (χ4v) is 2.96. The van der Waals surface area contributed by atoms with Crippen LogP contribution in [-0.4, -0.2) is 5.11 Å². The molecule has 0 saturated heterocycles. The van der Waals surface area contributed by atoms with Gasteiger partial charge < -0.3 is 9.52 Å². The van der Waals surface area contributed by atoms with Crippen LogP contribution in [0.5, 0.6) is 5.75 Å². The summed E-state index contributed by atoms with van der Waals surface area (Å²) in [5, 5.41) is 12.3. The van der Waals surface area contributed by atoms with Crippen LogP contribution < -0.4 is 5.43 Å². The van der Waals surface area contributed by atoms with E-state index in [9.17, 15) is 9.90 Å². The summed E-state index contributed by atoms with van der Waals surface area (Å²) in [6.07, 6.45) is 0.530. The average molecular weight is 302 g/mol. The number of benzene rings is 3. The number of fused-ring (bicyclic) bond motifs is 2. The Hall–Kier alpha value is -3.07. The van der Waals surface area contributed by atoms with Gasteiger partial charge in [-0.15, -0.1) is 0 Å². The lowest BCUT2D eigenvalue weighted by atomic mass is 10.0. The van der Waals surface area contributed by atoms with Crippen LogP contribution >= 0.6 is 0 Å². The number of rotatable bonds is 2. The molecule has 4 aromatic rings. The molecule has 0 aliphatic rings. The maximum absolute atomic E-state index is 12.3. The Labute approximate surface area is 132 Å². The van der Waals surface area contributed by atoms with Gasteiger partial charge in [0.25, 0.3) is 0 Å². The summed E-state index contributed by atoms with van der Waals surface area (Å²) in [7, 11) is 0. The summed E-state index contributed by atoms with van der Waals surface area (Å²) in [5.41, 5.74) is 1.29. The van der Waals surface area contributed by atoms with Crippen molar-refractivity contribution in [2.45, 2.75) is 6.42 Å². The second-order valence-corrected chi connectivity index (χ2v) is 5.54. The third-order valence-electron chi connectivity index (χ3n) is 4.03. The summed E-state index contributed by atoms with van der Waals surface area (Å²) in [5.74, 6) is 0.539. The van der Waals surface area contributed by atoms with Crippen LogP contribution in [0.25, 0.3) is 21.7 Å². The Bertz CT molecular complexity index is 1070. The fourth-order valence-electron chi connectivity index (χ4n) is 2.96. The van der Waals surface area contributed by atoms with E-state index >= 15 is 0 Å². The normalized spacial score (nSPS) is 11.1. The third kappa shape index (κ3) is 2.36. The number of phenols is 1. The zero-order chi connectivity index (χ0) is 15.8. The van der Waals surface area contributed by atoms with E-state index in [1.807, 2.05) is 24.3 Å². The summed E-state index contributed by atoms with van der Waals surface area (Å²) in [4.78, 5) is 12.3. The first kappa shape index (κ1) is 13.6. The van der Waals surface area contributed by atoms with Crippen molar-refractivity contribution in [3.05, 3.63) is 88.3 Å². The van der Waals surface area contributed by atoms with Crippen molar-refractivity contribution >= 4 is 21.7 Å². The van der Waals surface area contributed by atoms with E-state index < -0.39 is 0 Å². The molecule has 1 N–H and O–H groups in total. The third-order valence-corrected chi connectivity index (χ3v) is 4.03. The Morgan fingerprint density at radius 3 is 2.61 bits per heavy atom. The van der Waals surface area contributed by atoms with Gasteiger partial charge in [0.05, 0.1) is 0 Å². The molecule has 0 amide bonds. The van der Waals surface area contributed by atoms with Gasteiger partial charge >= 0.3 is 0 Å². The number of phenolic OH excluding ortho intramolecular Hbond substituents is 1. The lowest BCUT2D eigenvalue weighted by Crippen LogP contribution is -2.03. The molecule has 23 heavy (non-hydrogen) atoms. The molecule has 0 bridgehead atoms. The molecule has 112 valence electrons. The highest BCUT2D eigenvalue weighted by Crippen LogP contribution is 2.25. The molecule has 0 unspecified atom stereocenters. The highest BCUT2D eigenvalue weighted by Gasteiger charge is 2.10. The highest BCUT2D eigenvalue weighted by molar-refractivity contribution is 5.86. The van der Waals surface area contributed by atoms with Gasteiger partial charge in [0, 0.05) is 12.5 Å². The average Bonchev–Trinajstić information content (AvgIpc) is 2.55. The smallest absolute Gasteiger partial charge is 0.196 e.